The van der Waals surface area contributed by atoms with Crippen LogP contribution in [0.5, 0.6) is 0 Å². The van der Waals surface area contributed by atoms with E-state index < -0.39 is 11.9 Å². The Kier molecular flexibility index (Phi) is 3.92. The smallest absolute Gasteiger partial charge is 0.308 e. The van der Waals surface area contributed by atoms with Gasteiger partial charge in [-0.15, -0.1) is 11.3 Å². The minimum Gasteiger partial charge on any atom is -0.481 e. The number of aryl methyl sites for hydroxylation is 1. The molecule has 1 aliphatic heterocycles. The Labute approximate surface area is 114 Å². The zero-order chi connectivity index (χ0) is 13.3. The minimum atomic E-state index is -0.832. The predicted molar refractivity (Wildman–Crippen MR) is 70.3 cm³/mol. The molecule has 0 aliphatic carbocycles. The van der Waals surface area contributed by atoms with Crippen molar-refractivity contribution in [3.63, 3.8) is 0 Å². The molecule has 1 atom stereocenters. The molecule has 2 heterocycles. The lowest BCUT2D eigenvalue weighted by atomic mass is 9.98. The molecular formula is C12H14ClNO3S. The molecule has 0 radical (unpaired) electrons. The molecule has 1 saturated heterocycles. The third-order valence-corrected chi connectivity index (χ3v) is 4.84. The number of hydrogen-bond acceptors (Lipinski definition) is 3. The van der Waals surface area contributed by atoms with Gasteiger partial charge in [-0.3, -0.25) is 9.59 Å². The Morgan fingerprint density at radius 2 is 2.28 bits per heavy atom. The van der Waals surface area contributed by atoms with Crippen molar-refractivity contribution in [2.24, 2.45) is 5.92 Å². The monoisotopic (exact) mass is 287 g/mol. The van der Waals surface area contributed by atoms with Crippen LogP contribution < -0.4 is 0 Å². The molecule has 1 aliphatic rings. The highest BCUT2D eigenvalue weighted by atomic mass is 35.5. The van der Waals surface area contributed by atoms with Crippen molar-refractivity contribution in [2.75, 3.05) is 13.1 Å². The van der Waals surface area contributed by atoms with E-state index in [1.54, 1.807) is 4.90 Å². The molecule has 0 aromatic carbocycles. The van der Waals surface area contributed by atoms with E-state index in [1.165, 1.54) is 11.3 Å². The van der Waals surface area contributed by atoms with Gasteiger partial charge in [0.25, 0.3) is 5.91 Å². The van der Waals surface area contributed by atoms with E-state index in [1.807, 2.05) is 12.3 Å². The average molecular weight is 288 g/mol. The molecule has 0 saturated carbocycles. The third kappa shape index (κ3) is 2.52. The van der Waals surface area contributed by atoms with Gasteiger partial charge in [0.15, 0.2) is 0 Å². The van der Waals surface area contributed by atoms with E-state index in [4.69, 9.17) is 16.7 Å². The highest BCUT2D eigenvalue weighted by Gasteiger charge is 2.30. The highest BCUT2D eigenvalue weighted by molar-refractivity contribution is 7.13. The molecule has 1 amide bonds. The molecule has 0 bridgehead atoms. The molecule has 18 heavy (non-hydrogen) atoms. The molecule has 6 heteroatoms. The maximum atomic E-state index is 12.3. The van der Waals surface area contributed by atoms with Gasteiger partial charge < -0.3 is 10.0 Å². The number of rotatable bonds is 2. The fourth-order valence-electron chi connectivity index (χ4n) is 2.08. The molecule has 0 spiro atoms. The Morgan fingerprint density at radius 1 is 1.56 bits per heavy atom. The lowest BCUT2D eigenvalue weighted by Crippen LogP contribution is -2.42. The summed E-state index contributed by atoms with van der Waals surface area (Å²) in [6.07, 6.45) is 1.36. The Balaban J connectivity index is 2.14. The SMILES string of the molecule is Cc1csc(C(=O)N2CCCC(C(=O)O)C2)c1Cl. The van der Waals surface area contributed by atoms with Crippen LogP contribution >= 0.6 is 22.9 Å². The highest BCUT2D eigenvalue weighted by Crippen LogP contribution is 2.29. The largest absolute Gasteiger partial charge is 0.481 e. The first-order valence-corrected chi connectivity index (χ1v) is 7.02. The molecule has 1 unspecified atom stereocenters. The van der Waals surface area contributed by atoms with E-state index in [2.05, 4.69) is 0 Å². The lowest BCUT2D eigenvalue weighted by molar-refractivity contribution is -0.143. The molecular weight excluding hydrogens is 274 g/mol. The molecule has 2 rings (SSSR count). The normalized spacial score (nSPS) is 19.9. The Hall–Kier alpha value is -1.07. The van der Waals surface area contributed by atoms with Gasteiger partial charge in [-0.2, -0.15) is 0 Å². The van der Waals surface area contributed by atoms with E-state index in [0.29, 0.717) is 22.9 Å². The second-order valence-electron chi connectivity index (χ2n) is 4.49. The van der Waals surface area contributed by atoms with Crippen LogP contribution in [0.15, 0.2) is 5.38 Å². The summed E-state index contributed by atoms with van der Waals surface area (Å²) in [6.45, 7) is 2.74. The van der Waals surface area contributed by atoms with Crippen LogP contribution in [0.3, 0.4) is 0 Å². The summed E-state index contributed by atoms with van der Waals surface area (Å²) in [6, 6.07) is 0. The minimum absolute atomic E-state index is 0.149. The number of piperidine rings is 1. The summed E-state index contributed by atoms with van der Waals surface area (Å²) in [5.41, 5.74) is 0.886. The van der Waals surface area contributed by atoms with Gasteiger partial charge in [0, 0.05) is 13.1 Å². The van der Waals surface area contributed by atoms with Gasteiger partial charge in [-0.25, -0.2) is 0 Å². The van der Waals surface area contributed by atoms with E-state index in [9.17, 15) is 9.59 Å². The predicted octanol–water partition coefficient (Wildman–Crippen LogP) is 2.65. The van der Waals surface area contributed by atoms with Gasteiger partial charge in [0.1, 0.15) is 4.88 Å². The molecule has 98 valence electrons. The maximum absolute atomic E-state index is 12.3. The summed E-state index contributed by atoms with van der Waals surface area (Å²) in [4.78, 5) is 25.3. The molecule has 1 N–H and O–H groups in total. The van der Waals surface area contributed by atoms with Crippen molar-refractivity contribution in [3.05, 3.63) is 20.8 Å². The lowest BCUT2D eigenvalue weighted by Gasteiger charge is -2.30. The van der Waals surface area contributed by atoms with Gasteiger partial charge in [-0.05, 0) is 30.7 Å². The molecule has 1 aromatic rings. The van der Waals surface area contributed by atoms with Crippen LogP contribution in [0, 0.1) is 12.8 Å². The maximum Gasteiger partial charge on any atom is 0.308 e. The zero-order valence-corrected chi connectivity index (χ0v) is 11.6. The van der Waals surface area contributed by atoms with Crippen molar-refractivity contribution in [1.29, 1.82) is 0 Å². The molecule has 1 aromatic heterocycles. The summed E-state index contributed by atoms with van der Waals surface area (Å²) in [5, 5.41) is 11.3. The Bertz CT molecular complexity index is 486. The Morgan fingerprint density at radius 3 is 2.83 bits per heavy atom. The van der Waals surface area contributed by atoms with Crippen LogP contribution in [0.1, 0.15) is 28.1 Å². The fraction of sp³-hybridized carbons (Fsp3) is 0.500. The van der Waals surface area contributed by atoms with Gasteiger partial charge in [-0.1, -0.05) is 11.6 Å². The fourth-order valence-corrected chi connectivity index (χ4v) is 3.32. The second kappa shape index (κ2) is 5.28. The summed E-state index contributed by atoms with van der Waals surface area (Å²) < 4.78 is 0. The number of aliphatic carboxylic acids is 1. The summed E-state index contributed by atoms with van der Waals surface area (Å²) in [5.74, 6) is -1.44. The number of carboxylic acids is 1. The number of nitrogens with zero attached hydrogens (tertiary/aromatic N) is 1. The first-order valence-electron chi connectivity index (χ1n) is 5.76. The molecule has 4 nitrogen and oxygen atoms in total. The first kappa shape index (κ1) is 13.4. The van der Waals surface area contributed by atoms with Crippen molar-refractivity contribution in [3.8, 4) is 0 Å². The number of likely N-dealkylation sites (tertiary alicyclic amines) is 1. The van der Waals surface area contributed by atoms with Gasteiger partial charge >= 0.3 is 5.97 Å². The van der Waals surface area contributed by atoms with Crippen molar-refractivity contribution < 1.29 is 14.7 Å². The quantitative estimate of drug-likeness (QED) is 0.910. The number of thiophene rings is 1. The van der Waals surface area contributed by atoms with Crippen LogP contribution in [0.25, 0.3) is 0 Å². The first-order chi connectivity index (χ1) is 8.50. The average Bonchev–Trinajstić information content (AvgIpc) is 2.69. The van der Waals surface area contributed by atoms with Gasteiger partial charge in [0.2, 0.25) is 0 Å². The van der Waals surface area contributed by atoms with Crippen LogP contribution in [-0.2, 0) is 4.79 Å². The third-order valence-electron chi connectivity index (χ3n) is 3.15. The summed E-state index contributed by atoms with van der Waals surface area (Å²) >= 11 is 7.39. The number of carbonyl (C=O) groups is 2. The van der Waals surface area contributed by atoms with Crippen LogP contribution in [-0.4, -0.2) is 35.0 Å². The molecule has 1 fully saturated rings. The van der Waals surface area contributed by atoms with Gasteiger partial charge in [0.05, 0.1) is 10.9 Å². The summed E-state index contributed by atoms with van der Waals surface area (Å²) in [7, 11) is 0. The van der Waals surface area contributed by atoms with Crippen molar-refractivity contribution in [1.82, 2.24) is 4.90 Å². The number of halogens is 1. The van der Waals surface area contributed by atoms with E-state index in [0.717, 1.165) is 12.0 Å². The van der Waals surface area contributed by atoms with E-state index >= 15 is 0 Å². The van der Waals surface area contributed by atoms with Crippen LogP contribution in [0.4, 0.5) is 0 Å². The topological polar surface area (TPSA) is 57.6 Å². The number of carbonyl (C=O) groups excluding carboxylic acids is 1. The van der Waals surface area contributed by atoms with E-state index in [-0.39, 0.29) is 12.5 Å². The van der Waals surface area contributed by atoms with Crippen molar-refractivity contribution in [2.45, 2.75) is 19.8 Å². The number of hydrogen-bond donors (Lipinski definition) is 1. The van der Waals surface area contributed by atoms with Crippen LogP contribution in [0.2, 0.25) is 5.02 Å². The standard InChI is InChI=1S/C12H14ClNO3S/c1-7-6-18-10(9(7)13)11(15)14-4-2-3-8(5-14)12(16)17/h6,8H,2-5H2,1H3,(H,16,17). The zero-order valence-electron chi connectivity index (χ0n) is 9.98. The number of carboxylic acid groups (broad SMARTS) is 1. The second-order valence-corrected chi connectivity index (χ2v) is 5.75. The number of amides is 1. The van der Waals surface area contributed by atoms with Crippen molar-refractivity contribution >= 4 is 34.8 Å².